The van der Waals surface area contributed by atoms with Crippen LogP contribution in [0, 0.1) is 13.8 Å². The van der Waals surface area contributed by atoms with E-state index in [0.29, 0.717) is 0 Å². The largest absolute Gasteiger partial charge is 0.382 e. The summed E-state index contributed by atoms with van der Waals surface area (Å²) in [5, 5.41) is 3.37. The predicted octanol–water partition coefficient (Wildman–Crippen LogP) is 3.51. The first kappa shape index (κ1) is 12.5. The van der Waals surface area contributed by atoms with Crippen LogP contribution in [0.25, 0.3) is 0 Å². The van der Waals surface area contributed by atoms with Crippen molar-refractivity contribution in [2.75, 3.05) is 25.1 Å². The van der Waals surface area contributed by atoms with Crippen molar-refractivity contribution >= 4 is 21.6 Å². The Morgan fingerprint density at radius 3 is 2.67 bits per heavy atom. The first-order valence-electron chi connectivity index (χ1n) is 5.23. The topological polar surface area (TPSA) is 21.3 Å². The fourth-order valence-corrected chi connectivity index (χ4v) is 2.35. The van der Waals surface area contributed by atoms with E-state index in [1.54, 1.807) is 0 Å². The first-order chi connectivity index (χ1) is 7.15. The van der Waals surface area contributed by atoms with Gasteiger partial charge in [-0.2, -0.15) is 0 Å². The number of anilines is 1. The molecule has 0 radical (unpaired) electrons. The Morgan fingerprint density at radius 1 is 1.33 bits per heavy atom. The van der Waals surface area contributed by atoms with Crippen molar-refractivity contribution in [3.63, 3.8) is 0 Å². The van der Waals surface area contributed by atoms with Crippen LogP contribution >= 0.6 is 15.9 Å². The minimum Gasteiger partial charge on any atom is -0.382 e. The Morgan fingerprint density at radius 2 is 2.07 bits per heavy atom. The minimum atomic E-state index is 0.746. The second kappa shape index (κ2) is 6.13. The lowest BCUT2D eigenvalue weighted by Crippen LogP contribution is -2.10. The lowest BCUT2D eigenvalue weighted by atomic mass is 10.1. The Labute approximate surface area is 100 Å². The molecule has 1 aromatic carbocycles. The lowest BCUT2D eigenvalue weighted by molar-refractivity contribution is 0.158. The van der Waals surface area contributed by atoms with E-state index in [1.807, 2.05) is 6.92 Å². The molecule has 0 aliphatic rings. The molecule has 84 valence electrons. The normalized spacial score (nSPS) is 10.4. The summed E-state index contributed by atoms with van der Waals surface area (Å²) in [6.45, 7) is 8.58. The van der Waals surface area contributed by atoms with Crippen molar-refractivity contribution in [1.82, 2.24) is 0 Å². The molecule has 0 aromatic heterocycles. The molecule has 0 spiro atoms. The fourth-order valence-electron chi connectivity index (χ4n) is 1.53. The highest BCUT2D eigenvalue weighted by Gasteiger charge is 2.03. The zero-order valence-electron chi connectivity index (χ0n) is 9.56. The average molecular weight is 272 g/mol. The lowest BCUT2D eigenvalue weighted by Gasteiger charge is -2.12. The van der Waals surface area contributed by atoms with E-state index in [9.17, 15) is 0 Å². The van der Waals surface area contributed by atoms with Crippen LogP contribution in [0.1, 0.15) is 18.1 Å². The third-order valence-corrected chi connectivity index (χ3v) is 2.81. The molecule has 0 aliphatic carbocycles. The molecule has 0 amide bonds. The van der Waals surface area contributed by atoms with Crippen molar-refractivity contribution in [3.8, 4) is 0 Å². The van der Waals surface area contributed by atoms with Crippen molar-refractivity contribution in [2.24, 2.45) is 0 Å². The number of rotatable bonds is 5. The number of benzene rings is 1. The smallest absolute Gasteiger partial charge is 0.0638 e. The summed E-state index contributed by atoms with van der Waals surface area (Å²) in [5.41, 5.74) is 3.70. The van der Waals surface area contributed by atoms with E-state index in [0.717, 1.165) is 24.2 Å². The molecule has 0 saturated heterocycles. The summed E-state index contributed by atoms with van der Waals surface area (Å²) in [5.74, 6) is 0. The van der Waals surface area contributed by atoms with Gasteiger partial charge in [-0.1, -0.05) is 6.07 Å². The highest BCUT2D eigenvalue weighted by atomic mass is 79.9. The number of hydrogen-bond acceptors (Lipinski definition) is 2. The van der Waals surface area contributed by atoms with E-state index < -0.39 is 0 Å². The molecule has 0 heterocycles. The van der Waals surface area contributed by atoms with Crippen LogP contribution in [0.4, 0.5) is 5.69 Å². The molecular formula is C12H18BrNO. The molecule has 0 unspecified atom stereocenters. The van der Waals surface area contributed by atoms with Gasteiger partial charge in [-0.05, 0) is 53.9 Å². The van der Waals surface area contributed by atoms with Gasteiger partial charge in [0.15, 0.2) is 0 Å². The van der Waals surface area contributed by atoms with Gasteiger partial charge in [0.05, 0.1) is 12.3 Å². The SMILES string of the molecule is CCOCCNc1c(C)cc(C)cc1Br. The third kappa shape index (κ3) is 3.84. The number of aryl methyl sites for hydroxylation is 2. The molecule has 0 fully saturated rings. The first-order valence-corrected chi connectivity index (χ1v) is 6.02. The highest BCUT2D eigenvalue weighted by Crippen LogP contribution is 2.27. The molecule has 3 heteroatoms. The minimum absolute atomic E-state index is 0.746. The zero-order chi connectivity index (χ0) is 11.3. The number of halogens is 1. The standard InChI is InChI=1S/C12H18BrNO/c1-4-15-6-5-14-12-10(3)7-9(2)8-11(12)13/h7-8,14H,4-6H2,1-3H3. The maximum Gasteiger partial charge on any atom is 0.0638 e. The average Bonchev–Trinajstić information content (AvgIpc) is 2.15. The summed E-state index contributed by atoms with van der Waals surface area (Å²) in [6.07, 6.45) is 0. The maximum atomic E-state index is 5.28. The summed E-state index contributed by atoms with van der Waals surface area (Å²) in [7, 11) is 0. The Balaban J connectivity index is 2.60. The summed E-state index contributed by atoms with van der Waals surface area (Å²) >= 11 is 3.56. The van der Waals surface area contributed by atoms with Crippen LogP contribution < -0.4 is 5.32 Å². The van der Waals surface area contributed by atoms with Crippen molar-refractivity contribution < 1.29 is 4.74 Å². The Hall–Kier alpha value is -0.540. The molecule has 0 bridgehead atoms. The van der Waals surface area contributed by atoms with E-state index in [2.05, 4.69) is 47.2 Å². The quantitative estimate of drug-likeness (QED) is 0.828. The fraction of sp³-hybridized carbons (Fsp3) is 0.500. The molecule has 1 aromatic rings. The second-order valence-corrected chi connectivity index (χ2v) is 4.42. The van der Waals surface area contributed by atoms with Gasteiger partial charge in [0, 0.05) is 17.6 Å². The van der Waals surface area contributed by atoms with E-state index in [-0.39, 0.29) is 0 Å². The van der Waals surface area contributed by atoms with Gasteiger partial charge in [0.1, 0.15) is 0 Å². The monoisotopic (exact) mass is 271 g/mol. The Bertz CT molecular complexity index is 302. The van der Waals surface area contributed by atoms with Crippen molar-refractivity contribution in [3.05, 3.63) is 27.7 Å². The number of nitrogens with one attached hydrogen (secondary N) is 1. The number of hydrogen-bond donors (Lipinski definition) is 1. The van der Waals surface area contributed by atoms with Gasteiger partial charge in [0.25, 0.3) is 0 Å². The van der Waals surface area contributed by atoms with Crippen LogP contribution in [0.3, 0.4) is 0 Å². The molecular weight excluding hydrogens is 254 g/mol. The molecule has 0 saturated carbocycles. The zero-order valence-corrected chi connectivity index (χ0v) is 11.1. The van der Waals surface area contributed by atoms with E-state index in [4.69, 9.17) is 4.74 Å². The van der Waals surface area contributed by atoms with Gasteiger partial charge in [-0.25, -0.2) is 0 Å². The summed E-state index contributed by atoms with van der Waals surface area (Å²) in [6, 6.07) is 4.30. The van der Waals surface area contributed by atoms with Crippen LogP contribution in [0.2, 0.25) is 0 Å². The molecule has 1 rings (SSSR count). The number of ether oxygens (including phenoxy) is 1. The molecule has 2 nitrogen and oxygen atoms in total. The van der Waals surface area contributed by atoms with Gasteiger partial charge in [-0.3, -0.25) is 0 Å². The van der Waals surface area contributed by atoms with Crippen LogP contribution in [-0.2, 0) is 4.74 Å². The van der Waals surface area contributed by atoms with Gasteiger partial charge in [-0.15, -0.1) is 0 Å². The molecule has 0 atom stereocenters. The van der Waals surface area contributed by atoms with Gasteiger partial charge >= 0.3 is 0 Å². The Kier molecular flexibility index (Phi) is 5.12. The summed E-state index contributed by atoms with van der Waals surface area (Å²) < 4.78 is 6.40. The van der Waals surface area contributed by atoms with Crippen molar-refractivity contribution in [1.29, 1.82) is 0 Å². The highest BCUT2D eigenvalue weighted by molar-refractivity contribution is 9.10. The third-order valence-electron chi connectivity index (χ3n) is 2.18. The molecule has 0 aliphatic heterocycles. The molecule has 1 N–H and O–H groups in total. The second-order valence-electron chi connectivity index (χ2n) is 3.56. The molecule has 15 heavy (non-hydrogen) atoms. The van der Waals surface area contributed by atoms with E-state index >= 15 is 0 Å². The van der Waals surface area contributed by atoms with Crippen LogP contribution in [0.15, 0.2) is 16.6 Å². The van der Waals surface area contributed by atoms with Crippen LogP contribution in [0.5, 0.6) is 0 Å². The summed E-state index contributed by atoms with van der Waals surface area (Å²) in [4.78, 5) is 0. The van der Waals surface area contributed by atoms with Crippen molar-refractivity contribution in [2.45, 2.75) is 20.8 Å². The van der Waals surface area contributed by atoms with Gasteiger partial charge < -0.3 is 10.1 Å². The predicted molar refractivity (Wildman–Crippen MR) is 68.6 cm³/mol. The van der Waals surface area contributed by atoms with E-state index in [1.165, 1.54) is 16.8 Å². The van der Waals surface area contributed by atoms with Crippen LogP contribution in [-0.4, -0.2) is 19.8 Å². The van der Waals surface area contributed by atoms with Gasteiger partial charge in [0.2, 0.25) is 0 Å². The maximum absolute atomic E-state index is 5.28.